The molecule has 12 nitrogen and oxygen atoms in total. The lowest BCUT2D eigenvalue weighted by atomic mass is 9.47. The molecular weight excluding hydrogens is 771 g/mol. The van der Waals surface area contributed by atoms with Gasteiger partial charge in [0, 0.05) is 32.6 Å². The molecule has 342 valence electrons. The fourth-order valence-corrected chi connectivity index (χ4v) is 11.7. The second-order valence-corrected chi connectivity index (χ2v) is 21.0. The molecule has 4 aliphatic carbocycles. The van der Waals surface area contributed by atoms with Crippen LogP contribution in [0.25, 0.3) is 0 Å². The van der Waals surface area contributed by atoms with Gasteiger partial charge in [-0.25, -0.2) is 4.79 Å². The Morgan fingerprint density at radius 2 is 1.46 bits per heavy atom. The zero-order chi connectivity index (χ0) is 42.7. The summed E-state index contributed by atoms with van der Waals surface area (Å²) in [7, 11) is -3.39. The highest BCUT2D eigenvalue weighted by molar-refractivity contribution is 7.51. The van der Waals surface area contributed by atoms with Crippen molar-refractivity contribution in [3.8, 4) is 0 Å². The normalized spacial score (nSPS) is 29.2. The number of alkyl carbamates (subject to hydrolysis) is 1. The van der Waals surface area contributed by atoms with Gasteiger partial charge in [-0.15, -0.1) is 0 Å². The molecule has 4 aliphatic rings. The maximum absolute atomic E-state index is 12.7. The smallest absolute Gasteiger partial charge is 0.407 e. The average molecular weight is 855 g/mol. The van der Waals surface area contributed by atoms with Crippen molar-refractivity contribution in [1.82, 2.24) is 10.6 Å². The highest BCUT2D eigenvalue weighted by atomic mass is 31.2. The fraction of sp³-hybridized carbons (Fsp3) is 0.913. The van der Waals surface area contributed by atoms with E-state index in [1.54, 1.807) is 5.57 Å². The van der Waals surface area contributed by atoms with Gasteiger partial charge in [-0.05, 0) is 104 Å². The van der Waals surface area contributed by atoms with Crippen LogP contribution in [0.15, 0.2) is 11.6 Å². The van der Waals surface area contributed by atoms with Gasteiger partial charge in [0.15, 0.2) is 0 Å². The lowest BCUT2D eigenvalue weighted by Crippen LogP contribution is -2.51. The number of amides is 2. The van der Waals surface area contributed by atoms with E-state index in [0.717, 1.165) is 80.5 Å². The van der Waals surface area contributed by atoms with Crippen molar-refractivity contribution in [2.24, 2.45) is 46.3 Å². The van der Waals surface area contributed by atoms with Gasteiger partial charge in [0.05, 0.1) is 59.5 Å². The molecule has 3 N–H and O–H groups in total. The molecule has 59 heavy (non-hydrogen) atoms. The number of hydrogen-bond donors (Lipinski definition) is 3. The van der Waals surface area contributed by atoms with Crippen LogP contribution in [0, 0.1) is 46.3 Å². The Kier molecular flexibility index (Phi) is 21.7. The van der Waals surface area contributed by atoms with E-state index in [2.05, 4.69) is 51.3 Å². The zero-order valence-corrected chi connectivity index (χ0v) is 38.7. The first-order valence-electron chi connectivity index (χ1n) is 23.4. The number of nitrogens with one attached hydrogen (secondary N) is 2. The highest BCUT2D eigenvalue weighted by Gasteiger charge is 2.59. The molecule has 0 aromatic rings. The van der Waals surface area contributed by atoms with E-state index >= 15 is 0 Å². The molecule has 0 aromatic heterocycles. The van der Waals surface area contributed by atoms with E-state index < -0.39 is 7.60 Å². The van der Waals surface area contributed by atoms with Crippen LogP contribution >= 0.6 is 7.60 Å². The van der Waals surface area contributed by atoms with Crippen molar-refractivity contribution in [2.45, 2.75) is 143 Å². The molecule has 4 rings (SSSR count). The summed E-state index contributed by atoms with van der Waals surface area (Å²) in [4.78, 5) is 33.7. The lowest BCUT2D eigenvalue weighted by Gasteiger charge is -2.58. The third-order valence-electron chi connectivity index (χ3n) is 14.4. The molecular formula is C46H83N2O10P. The molecule has 0 aromatic carbocycles. The summed E-state index contributed by atoms with van der Waals surface area (Å²) in [6, 6.07) is 0. The van der Waals surface area contributed by atoms with Crippen molar-refractivity contribution in [3.05, 3.63) is 11.6 Å². The molecule has 0 aliphatic heterocycles. The van der Waals surface area contributed by atoms with Crippen molar-refractivity contribution >= 4 is 19.6 Å². The van der Waals surface area contributed by atoms with Crippen molar-refractivity contribution in [3.63, 3.8) is 0 Å². The standard InChI is InChI=1S/C46H83N2O10P/c1-35(2)12-11-13-36(3)40-16-17-41-39-15-14-37-34-38(18-21-45(37,4)42(39)19-22-46(40,41)5)58-44(50)48-24-27-54-29-31-56-33-32-55-30-28-53-26-20-43(49)47-23-9-7-8-10-25-57-59(6,51)52/h14,35-36,38-42H,7-13,15-34H2,1-6H3,(H,47,49)(H,48,50)(H,51,52)/t36-,38+,39+,40-,41+,42+,45+,46-/m1/s1. The molecule has 0 spiro atoms. The third kappa shape index (κ3) is 16.6. The maximum atomic E-state index is 12.7. The molecule has 0 bridgehead atoms. The minimum Gasteiger partial charge on any atom is -0.446 e. The van der Waals surface area contributed by atoms with Gasteiger partial charge < -0.3 is 43.7 Å². The van der Waals surface area contributed by atoms with Crippen LogP contribution in [0.1, 0.15) is 137 Å². The maximum Gasteiger partial charge on any atom is 0.407 e. The average Bonchev–Trinajstić information content (AvgIpc) is 3.54. The number of rotatable bonds is 29. The van der Waals surface area contributed by atoms with Crippen LogP contribution < -0.4 is 10.6 Å². The van der Waals surface area contributed by atoms with Crippen LogP contribution in [0.3, 0.4) is 0 Å². The zero-order valence-electron chi connectivity index (χ0n) is 37.8. The fourth-order valence-electron chi connectivity index (χ4n) is 11.2. The molecule has 0 saturated heterocycles. The van der Waals surface area contributed by atoms with Gasteiger partial charge in [-0.3, -0.25) is 9.36 Å². The minimum absolute atomic E-state index is 0.0460. The summed E-state index contributed by atoms with van der Waals surface area (Å²) < 4.78 is 44.0. The number of fused-ring (bicyclic) bond motifs is 5. The quantitative estimate of drug-likeness (QED) is 0.0378. The van der Waals surface area contributed by atoms with Crippen LogP contribution in [-0.2, 0) is 37.6 Å². The molecule has 9 atom stereocenters. The molecule has 2 amide bonds. The van der Waals surface area contributed by atoms with E-state index in [1.165, 1.54) is 58.0 Å². The summed E-state index contributed by atoms with van der Waals surface area (Å²) in [5, 5.41) is 5.74. The van der Waals surface area contributed by atoms with Crippen LogP contribution in [0.4, 0.5) is 4.79 Å². The summed E-state index contributed by atoms with van der Waals surface area (Å²) in [5.74, 6) is 4.90. The van der Waals surface area contributed by atoms with E-state index in [4.69, 9.17) is 33.1 Å². The molecule has 0 radical (unpaired) electrons. The molecule has 1 unspecified atom stereocenters. The van der Waals surface area contributed by atoms with E-state index in [0.29, 0.717) is 77.8 Å². The van der Waals surface area contributed by atoms with Gasteiger partial charge in [-0.2, -0.15) is 0 Å². The summed E-state index contributed by atoms with van der Waals surface area (Å²) >= 11 is 0. The van der Waals surface area contributed by atoms with Gasteiger partial charge in [0.25, 0.3) is 0 Å². The SMILES string of the molecule is CC(C)CCC[C@@H](C)[C@H]1CC[C@H]2[C@@H]3CC=C4C[C@@H](OC(=O)NCCOCCOCCOCCOCCC(=O)NCCCCCCOP(C)(=O)O)CC[C@]4(C)[C@H]3CC[C@]12C. The molecule has 3 saturated carbocycles. The topological polar surface area (TPSA) is 151 Å². The van der Waals surface area contributed by atoms with E-state index in [9.17, 15) is 14.2 Å². The Balaban J connectivity index is 0.956. The predicted octanol–water partition coefficient (Wildman–Crippen LogP) is 9.09. The number of carbonyl (C=O) groups excluding carboxylic acids is 2. The molecule has 13 heteroatoms. The Labute approximate surface area is 357 Å². The second kappa shape index (κ2) is 25.5. The highest BCUT2D eigenvalue weighted by Crippen LogP contribution is 2.67. The van der Waals surface area contributed by atoms with E-state index in [1.807, 2.05) is 0 Å². The Bertz CT molecular complexity index is 1330. The molecule has 3 fully saturated rings. The van der Waals surface area contributed by atoms with Crippen LogP contribution in [-0.4, -0.2) is 102 Å². The first kappa shape index (κ1) is 50.1. The summed E-state index contributed by atoms with van der Waals surface area (Å²) in [6.07, 6.45) is 19.7. The number of allylic oxidation sites excluding steroid dienone is 1. The first-order chi connectivity index (χ1) is 28.2. The van der Waals surface area contributed by atoms with Gasteiger partial charge in [0.2, 0.25) is 5.91 Å². The number of ether oxygens (including phenoxy) is 5. The predicted molar refractivity (Wildman–Crippen MR) is 232 cm³/mol. The van der Waals surface area contributed by atoms with Gasteiger partial charge >= 0.3 is 13.7 Å². The Morgan fingerprint density at radius 1 is 0.780 bits per heavy atom. The van der Waals surface area contributed by atoms with Crippen molar-refractivity contribution in [2.75, 3.05) is 79.2 Å². The van der Waals surface area contributed by atoms with Crippen LogP contribution in [0.2, 0.25) is 0 Å². The molecule has 0 heterocycles. The van der Waals surface area contributed by atoms with Crippen molar-refractivity contribution < 1.29 is 47.3 Å². The second-order valence-electron chi connectivity index (χ2n) is 19.1. The summed E-state index contributed by atoms with van der Waals surface area (Å²) in [6.45, 7) is 18.2. The van der Waals surface area contributed by atoms with Crippen LogP contribution in [0.5, 0.6) is 0 Å². The van der Waals surface area contributed by atoms with Crippen molar-refractivity contribution in [1.29, 1.82) is 0 Å². The number of hydrogen-bond acceptors (Lipinski definition) is 9. The largest absolute Gasteiger partial charge is 0.446 e. The number of unbranched alkanes of at least 4 members (excludes halogenated alkanes) is 3. The summed E-state index contributed by atoms with van der Waals surface area (Å²) in [5.41, 5.74) is 2.29. The Morgan fingerprint density at radius 3 is 2.15 bits per heavy atom. The monoisotopic (exact) mass is 855 g/mol. The van der Waals surface area contributed by atoms with E-state index in [-0.39, 0.29) is 30.1 Å². The minimum atomic E-state index is -3.39. The third-order valence-corrected chi connectivity index (χ3v) is 15.0. The first-order valence-corrected chi connectivity index (χ1v) is 25.4. The Hall–Kier alpha value is -1.53. The van der Waals surface area contributed by atoms with Gasteiger partial charge in [0.1, 0.15) is 6.10 Å². The number of carbonyl (C=O) groups is 2. The van der Waals surface area contributed by atoms with Gasteiger partial charge in [-0.1, -0.05) is 78.4 Å². The lowest BCUT2D eigenvalue weighted by molar-refractivity contribution is -0.122.